The molecule has 0 saturated heterocycles. The Balaban J connectivity index is 3.22. The highest BCUT2D eigenvalue weighted by atomic mass is 32.2. The van der Waals surface area contributed by atoms with Crippen LogP contribution in [0.1, 0.15) is 29.8 Å². The number of nitrogens with zero attached hydrogens (tertiary/aromatic N) is 1. The summed E-state index contributed by atoms with van der Waals surface area (Å²) in [5, 5.41) is 5.12. The first-order valence-electron chi connectivity index (χ1n) is 6.23. The molecule has 0 bridgehead atoms. The van der Waals surface area contributed by atoms with E-state index in [1.54, 1.807) is 17.9 Å². The zero-order valence-corrected chi connectivity index (χ0v) is 12.8. The number of sulfonamides is 1. The Hall–Kier alpha value is -1.66. The van der Waals surface area contributed by atoms with E-state index in [1.165, 1.54) is 12.1 Å². The highest BCUT2D eigenvalue weighted by Crippen LogP contribution is 2.16. The lowest BCUT2D eigenvalue weighted by molar-refractivity contribution is 0.0778. The van der Waals surface area contributed by atoms with Gasteiger partial charge in [-0.3, -0.25) is 4.79 Å². The van der Waals surface area contributed by atoms with Crippen LogP contribution in [0.15, 0.2) is 35.2 Å². The zero-order valence-electron chi connectivity index (χ0n) is 12.0. The third-order valence-electron chi connectivity index (χ3n) is 2.76. The fourth-order valence-electron chi connectivity index (χ4n) is 1.87. The third-order valence-corrected chi connectivity index (χ3v) is 3.65. The summed E-state index contributed by atoms with van der Waals surface area (Å²) in [6.07, 6.45) is 0. The highest BCUT2D eigenvalue weighted by Gasteiger charge is 2.17. The summed E-state index contributed by atoms with van der Waals surface area (Å²) in [5.41, 5.74) is 1.85. The van der Waals surface area contributed by atoms with Crippen LogP contribution in [-0.4, -0.2) is 32.3 Å². The average molecular weight is 296 g/mol. The van der Waals surface area contributed by atoms with Gasteiger partial charge < -0.3 is 4.90 Å². The number of carbonyl (C=O) groups excluding carboxylic acids is 1. The second-order valence-corrected chi connectivity index (χ2v) is 6.42. The van der Waals surface area contributed by atoms with E-state index in [1.807, 2.05) is 13.8 Å². The number of rotatable bonds is 5. The lowest BCUT2D eigenvalue weighted by Gasteiger charge is -2.21. The van der Waals surface area contributed by atoms with Gasteiger partial charge in [-0.15, -0.1) is 0 Å². The van der Waals surface area contributed by atoms with Gasteiger partial charge in [0.25, 0.3) is 5.91 Å². The first-order valence-corrected chi connectivity index (χ1v) is 7.78. The largest absolute Gasteiger partial charge is 0.335 e. The van der Waals surface area contributed by atoms with Crippen molar-refractivity contribution < 1.29 is 13.2 Å². The summed E-state index contributed by atoms with van der Waals surface area (Å²) in [4.78, 5) is 13.9. The Kier molecular flexibility index (Phi) is 5.08. The molecule has 0 atom stereocenters. The Labute approximate surface area is 120 Å². The molecule has 0 radical (unpaired) electrons. The van der Waals surface area contributed by atoms with Crippen LogP contribution < -0.4 is 5.14 Å². The SMILES string of the molecule is C=C(C)CN(CC)C(=O)c1cc(C)cc(S(N)(=O)=O)c1. The normalized spacial score (nSPS) is 11.2. The summed E-state index contributed by atoms with van der Waals surface area (Å²) in [5.74, 6) is -0.232. The zero-order chi connectivity index (χ0) is 15.5. The van der Waals surface area contributed by atoms with Gasteiger partial charge in [-0.25, -0.2) is 13.6 Å². The molecule has 0 heterocycles. The molecule has 6 heteroatoms. The molecule has 2 N–H and O–H groups in total. The van der Waals surface area contributed by atoms with Crippen LogP contribution in [-0.2, 0) is 10.0 Å². The summed E-state index contributed by atoms with van der Waals surface area (Å²) in [7, 11) is -3.83. The van der Waals surface area contributed by atoms with Gasteiger partial charge >= 0.3 is 0 Å². The Morgan fingerprint density at radius 2 is 1.95 bits per heavy atom. The summed E-state index contributed by atoms with van der Waals surface area (Å²) >= 11 is 0. The number of likely N-dealkylation sites (N-methyl/N-ethyl adjacent to an activating group) is 1. The number of hydrogen-bond donors (Lipinski definition) is 1. The molecular formula is C14H20N2O3S. The molecule has 20 heavy (non-hydrogen) atoms. The molecule has 1 aromatic carbocycles. The maximum Gasteiger partial charge on any atom is 0.254 e. The number of nitrogens with two attached hydrogens (primary N) is 1. The summed E-state index contributed by atoms with van der Waals surface area (Å²) < 4.78 is 22.8. The molecule has 0 unspecified atom stereocenters. The van der Waals surface area contributed by atoms with Crippen LogP contribution in [0.5, 0.6) is 0 Å². The van der Waals surface area contributed by atoms with Gasteiger partial charge in [-0.2, -0.15) is 0 Å². The smallest absolute Gasteiger partial charge is 0.254 e. The van der Waals surface area contributed by atoms with Crippen molar-refractivity contribution in [1.82, 2.24) is 4.90 Å². The number of hydrogen-bond acceptors (Lipinski definition) is 3. The predicted molar refractivity (Wildman–Crippen MR) is 78.9 cm³/mol. The van der Waals surface area contributed by atoms with Crippen LogP contribution in [0.3, 0.4) is 0 Å². The molecule has 0 spiro atoms. The van der Waals surface area contributed by atoms with E-state index in [9.17, 15) is 13.2 Å². The van der Waals surface area contributed by atoms with Gasteiger partial charge in [-0.05, 0) is 44.5 Å². The maximum atomic E-state index is 12.4. The lowest BCUT2D eigenvalue weighted by atomic mass is 10.1. The topological polar surface area (TPSA) is 80.5 Å². The van der Waals surface area contributed by atoms with Crippen LogP contribution in [0.25, 0.3) is 0 Å². The van der Waals surface area contributed by atoms with E-state index in [4.69, 9.17) is 5.14 Å². The number of amides is 1. The molecule has 0 aliphatic carbocycles. The first-order chi connectivity index (χ1) is 9.15. The van der Waals surface area contributed by atoms with Crippen molar-refractivity contribution in [2.24, 2.45) is 5.14 Å². The predicted octanol–water partition coefficient (Wildman–Crippen LogP) is 1.68. The molecule has 0 fully saturated rings. The van der Waals surface area contributed by atoms with Crippen molar-refractivity contribution in [1.29, 1.82) is 0 Å². The van der Waals surface area contributed by atoms with E-state index in [0.29, 0.717) is 24.2 Å². The molecule has 0 aromatic heterocycles. The molecule has 0 saturated carbocycles. The van der Waals surface area contributed by atoms with Gasteiger partial charge in [0.05, 0.1) is 4.90 Å². The lowest BCUT2D eigenvalue weighted by Crippen LogP contribution is -2.32. The van der Waals surface area contributed by atoms with Crippen LogP contribution in [0.2, 0.25) is 0 Å². The van der Waals surface area contributed by atoms with Crippen LogP contribution in [0.4, 0.5) is 0 Å². The summed E-state index contributed by atoms with van der Waals surface area (Å²) in [6, 6.07) is 4.41. The number of carbonyl (C=O) groups is 1. The minimum atomic E-state index is -3.83. The van der Waals surface area contributed by atoms with E-state index < -0.39 is 10.0 Å². The minimum Gasteiger partial charge on any atom is -0.335 e. The standard InChI is InChI=1S/C14H20N2O3S/c1-5-16(9-10(2)3)14(17)12-6-11(4)7-13(8-12)20(15,18)19/h6-8H,2,5,9H2,1,3-4H3,(H2,15,18,19). The highest BCUT2D eigenvalue weighted by molar-refractivity contribution is 7.89. The molecule has 5 nitrogen and oxygen atoms in total. The van der Waals surface area contributed by atoms with E-state index in [2.05, 4.69) is 6.58 Å². The fourth-order valence-corrected chi connectivity index (χ4v) is 2.51. The molecule has 1 amide bonds. The van der Waals surface area contributed by atoms with Crippen molar-refractivity contribution >= 4 is 15.9 Å². The third kappa shape index (κ3) is 4.18. The van der Waals surface area contributed by atoms with Crippen LogP contribution >= 0.6 is 0 Å². The van der Waals surface area contributed by atoms with Crippen molar-refractivity contribution in [2.75, 3.05) is 13.1 Å². The van der Waals surface area contributed by atoms with Crippen molar-refractivity contribution in [3.05, 3.63) is 41.5 Å². The van der Waals surface area contributed by atoms with Gasteiger partial charge in [0, 0.05) is 18.7 Å². The molecule has 110 valence electrons. The van der Waals surface area contributed by atoms with E-state index in [-0.39, 0.29) is 10.8 Å². The van der Waals surface area contributed by atoms with Gasteiger partial charge in [0.15, 0.2) is 0 Å². The van der Waals surface area contributed by atoms with E-state index >= 15 is 0 Å². The Bertz CT molecular complexity index is 636. The number of primary sulfonamides is 1. The maximum absolute atomic E-state index is 12.4. The Morgan fingerprint density at radius 1 is 1.35 bits per heavy atom. The minimum absolute atomic E-state index is 0.0489. The summed E-state index contributed by atoms with van der Waals surface area (Å²) in [6.45, 7) is 10.2. The number of aryl methyl sites for hydroxylation is 1. The first kappa shape index (κ1) is 16.4. The quantitative estimate of drug-likeness (QED) is 0.839. The van der Waals surface area contributed by atoms with Crippen molar-refractivity contribution in [3.63, 3.8) is 0 Å². The fraction of sp³-hybridized carbons (Fsp3) is 0.357. The Morgan fingerprint density at radius 3 is 2.40 bits per heavy atom. The molecule has 1 rings (SSSR count). The van der Waals surface area contributed by atoms with Crippen LogP contribution in [0, 0.1) is 6.92 Å². The molecule has 0 aliphatic heterocycles. The second kappa shape index (κ2) is 6.19. The molecule has 0 aliphatic rings. The van der Waals surface area contributed by atoms with Gasteiger partial charge in [-0.1, -0.05) is 12.2 Å². The second-order valence-electron chi connectivity index (χ2n) is 4.86. The van der Waals surface area contributed by atoms with Gasteiger partial charge in [0.2, 0.25) is 10.0 Å². The average Bonchev–Trinajstić information content (AvgIpc) is 2.33. The van der Waals surface area contributed by atoms with Crippen molar-refractivity contribution in [2.45, 2.75) is 25.7 Å². The van der Waals surface area contributed by atoms with Crippen molar-refractivity contribution in [3.8, 4) is 0 Å². The molecule has 1 aromatic rings. The van der Waals surface area contributed by atoms with E-state index in [0.717, 1.165) is 5.57 Å². The number of benzene rings is 1. The van der Waals surface area contributed by atoms with Gasteiger partial charge in [0.1, 0.15) is 0 Å². The molecular weight excluding hydrogens is 276 g/mol. The monoisotopic (exact) mass is 296 g/mol.